The molecule has 2 unspecified atom stereocenters. The van der Waals surface area contributed by atoms with E-state index >= 15 is 0 Å². The van der Waals surface area contributed by atoms with Crippen molar-refractivity contribution in [3.63, 3.8) is 0 Å². The monoisotopic (exact) mass is 197 g/mol. The molecule has 0 aromatic rings. The number of nitrogens with one attached hydrogen (secondary N) is 1. The minimum absolute atomic E-state index is 0.734. The number of rotatable bonds is 7. The molecular formula is C12H23NO. The lowest BCUT2D eigenvalue weighted by Crippen LogP contribution is -2.33. The summed E-state index contributed by atoms with van der Waals surface area (Å²) in [5.41, 5.74) is 0. The van der Waals surface area contributed by atoms with Gasteiger partial charge in [0.15, 0.2) is 0 Å². The fourth-order valence-electron chi connectivity index (χ4n) is 2.03. The van der Waals surface area contributed by atoms with E-state index in [1.807, 2.05) is 6.08 Å². The summed E-state index contributed by atoms with van der Waals surface area (Å²) in [4.78, 5) is 0. The quantitative estimate of drug-likeness (QED) is 0.500. The van der Waals surface area contributed by atoms with Crippen LogP contribution in [-0.2, 0) is 4.74 Å². The normalized spacial score (nSPS) is 26.6. The van der Waals surface area contributed by atoms with Crippen LogP contribution in [0, 0.1) is 5.92 Å². The Balaban J connectivity index is 1.90. The molecule has 0 heterocycles. The number of hydrogen-bond donors (Lipinski definition) is 1. The van der Waals surface area contributed by atoms with Gasteiger partial charge in [-0.1, -0.05) is 19.4 Å². The van der Waals surface area contributed by atoms with Gasteiger partial charge in [0.05, 0.1) is 13.2 Å². The van der Waals surface area contributed by atoms with Crippen molar-refractivity contribution in [1.29, 1.82) is 0 Å². The molecule has 0 aromatic heterocycles. The zero-order valence-corrected chi connectivity index (χ0v) is 9.30. The maximum absolute atomic E-state index is 5.44. The molecule has 0 radical (unpaired) electrons. The average Bonchev–Trinajstić information content (AvgIpc) is 2.58. The Hall–Kier alpha value is -0.340. The summed E-state index contributed by atoms with van der Waals surface area (Å²) >= 11 is 0. The summed E-state index contributed by atoms with van der Waals surface area (Å²) in [7, 11) is 0. The molecule has 1 aliphatic rings. The van der Waals surface area contributed by atoms with E-state index < -0.39 is 0 Å². The van der Waals surface area contributed by atoms with Gasteiger partial charge >= 0.3 is 0 Å². The average molecular weight is 197 g/mol. The third-order valence-electron chi connectivity index (χ3n) is 2.98. The molecule has 0 spiro atoms. The molecule has 1 saturated carbocycles. The van der Waals surface area contributed by atoms with Crippen molar-refractivity contribution < 1.29 is 4.74 Å². The van der Waals surface area contributed by atoms with E-state index in [2.05, 4.69) is 18.8 Å². The van der Waals surface area contributed by atoms with E-state index in [-0.39, 0.29) is 0 Å². The highest BCUT2D eigenvalue weighted by molar-refractivity contribution is 4.79. The van der Waals surface area contributed by atoms with Crippen LogP contribution in [0.3, 0.4) is 0 Å². The van der Waals surface area contributed by atoms with E-state index in [9.17, 15) is 0 Å². The lowest BCUT2D eigenvalue weighted by atomic mass is 10.1. The molecule has 0 saturated heterocycles. The van der Waals surface area contributed by atoms with Gasteiger partial charge in [-0.15, -0.1) is 6.58 Å². The standard InChI is InChI=1S/C12H23NO/c1-3-4-9-14-10-8-13-12-7-5-6-11(12)2/h3,11-13H,1,4-10H2,2H3. The largest absolute Gasteiger partial charge is 0.380 e. The minimum atomic E-state index is 0.734. The lowest BCUT2D eigenvalue weighted by Gasteiger charge is -2.16. The van der Waals surface area contributed by atoms with Crippen LogP contribution >= 0.6 is 0 Å². The smallest absolute Gasteiger partial charge is 0.0591 e. The van der Waals surface area contributed by atoms with Crippen molar-refractivity contribution in [2.75, 3.05) is 19.8 Å². The highest BCUT2D eigenvalue weighted by atomic mass is 16.5. The van der Waals surface area contributed by atoms with Crippen LogP contribution < -0.4 is 5.32 Å². The van der Waals surface area contributed by atoms with Gasteiger partial charge in [0, 0.05) is 12.6 Å². The first kappa shape index (κ1) is 11.7. The van der Waals surface area contributed by atoms with Crippen molar-refractivity contribution in [1.82, 2.24) is 5.32 Å². The van der Waals surface area contributed by atoms with Crippen LogP contribution in [0.1, 0.15) is 32.6 Å². The highest BCUT2D eigenvalue weighted by Crippen LogP contribution is 2.24. The first-order chi connectivity index (χ1) is 6.84. The number of ether oxygens (including phenoxy) is 1. The van der Waals surface area contributed by atoms with E-state index in [0.29, 0.717) is 0 Å². The van der Waals surface area contributed by atoms with Crippen LogP contribution in [0.5, 0.6) is 0 Å². The third kappa shape index (κ3) is 4.25. The van der Waals surface area contributed by atoms with Crippen molar-refractivity contribution in [3.05, 3.63) is 12.7 Å². The van der Waals surface area contributed by atoms with Crippen molar-refractivity contribution in [3.8, 4) is 0 Å². The molecule has 1 aliphatic carbocycles. The predicted molar refractivity (Wildman–Crippen MR) is 60.4 cm³/mol. The Bertz CT molecular complexity index is 158. The molecule has 1 N–H and O–H groups in total. The molecule has 82 valence electrons. The Morgan fingerprint density at radius 3 is 2.93 bits per heavy atom. The van der Waals surface area contributed by atoms with Crippen molar-refractivity contribution in [2.24, 2.45) is 5.92 Å². The van der Waals surface area contributed by atoms with E-state index in [1.165, 1.54) is 19.3 Å². The van der Waals surface area contributed by atoms with E-state index in [0.717, 1.165) is 38.1 Å². The van der Waals surface area contributed by atoms with Crippen LogP contribution in [0.4, 0.5) is 0 Å². The van der Waals surface area contributed by atoms with Crippen LogP contribution in [0.25, 0.3) is 0 Å². The van der Waals surface area contributed by atoms with Gasteiger partial charge in [-0.2, -0.15) is 0 Å². The third-order valence-corrected chi connectivity index (χ3v) is 2.98. The van der Waals surface area contributed by atoms with Gasteiger partial charge in [-0.3, -0.25) is 0 Å². The van der Waals surface area contributed by atoms with Crippen LogP contribution in [-0.4, -0.2) is 25.8 Å². The number of hydrogen-bond acceptors (Lipinski definition) is 2. The molecule has 1 rings (SSSR count). The Morgan fingerprint density at radius 2 is 2.29 bits per heavy atom. The first-order valence-corrected chi connectivity index (χ1v) is 5.76. The SMILES string of the molecule is C=CCCOCCNC1CCCC1C. The summed E-state index contributed by atoms with van der Waals surface area (Å²) in [5, 5.41) is 3.56. The Labute approximate surface area is 87.7 Å². The second-order valence-corrected chi connectivity index (χ2v) is 4.16. The second-order valence-electron chi connectivity index (χ2n) is 4.16. The Kier molecular flexibility index (Phi) is 5.88. The molecule has 0 amide bonds. The molecule has 2 nitrogen and oxygen atoms in total. The molecule has 0 aliphatic heterocycles. The first-order valence-electron chi connectivity index (χ1n) is 5.76. The summed E-state index contributed by atoms with van der Waals surface area (Å²) in [5.74, 6) is 0.850. The van der Waals surface area contributed by atoms with Crippen LogP contribution in [0.2, 0.25) is 0 Å². The minimum Gasteiger partial charge on any atom is -0.380 e. The lowest BCUT2D eigenvalue weighted by molar-refractivity contribution is 0.137. The fourth-order valence-corrected chi connectivity index (χ4v) is 2.03. The Morgan fingerprint density at radius 1 is 1.43 bits per heavy atom. The summed E-state index contributed by atoms with van der Waals surface area (Å²) in [6.07, 6.45) is 6.96. The van der Waals surface area contributed by atoms with Gasteiger partial charge in [0.2, 0.25) is 0 Å². The van der Waals surface area contributed by atoms with Gasteiger partial charge in [0.1, 0.15) is 0 Å². The molecule has 2 heteroatoms. The molecule has 0 bridgehead atoms. The van der Waals surface area contributed by atoms with E-state index in [4.69, 9.17) is 4.74 Å². The van der Waals surface area contributed by atoms with Gasteiger partial charge in [-0.05, 0) is 25.2 Å². The van der Waals surface area contributed by atoms with Gasteiger partial charge < -0.3 is 10.1 Å². The molecular weight excluding hydrogens is 174 g/mol. The van der Waals surface area contributed by atoms with E-state index in [1.54, 1.807) is 0 Å². The summed E-state index contributed by atoms with van der Waals surface area (Å²) in [6.45, 7) is 8.63. The summed E-state index contributed by atoms with van der Waals surface area (Å²) < 4.78 is 5.44. The topological polar surface area (TPSA) is 21.3 Å². The predicted octanol–water partition coefficient (Wildman–Crippen LogP) is 2.36. The van der Waals surface area contributed by atoms with Crippen LogP contribution in [0.15, 0.2) is 12.7 Å². The zero-order chi connectivity index (χ0) is 10.2. The summed E-state index contributed by atoms with van der Waals surface area (Å²) in [6, 6.07) is 0.734. The molecule has 1 fully saturated rings. The van der Waals surface area contributed by atoms with Crippen molar-refractivity contribution in [2.45, 2.75) is 38.6 Å². The fraction of sp³-hybridized carbons (Fsp3) is 0.833. The maximum Gasteiger partial charge on any atom is 0.0591 e. The zero-order valence-electron chi connectivity index (χ0n) is 9.30. The maximum atomic E-state index is 5.44. The highest BCUT2D eigenvalue weighted by Gasteiger charge is 2.21. The second kappa shape index (κ2) is 7.02. The molecule has 0 aromatic carbocycles. The van der Waals surface area contributed by atoms with Gasteiger partial charge in [-0.25, -0.2) is 0 Å². The molecule has 2 atom stereocenters. The molecule has 14 heavy (non-hydrogen) atoms. The van der Waals surface area contributed by atoms with Crippen molar-refractivity contribution >= 4 is 0 Å². The van der Waals surface area contributed by atoms with Gasteiger partial charge in [0.25, 0.3) is 0 Å².